The largest absolute Gasteiger partial charge is 0.307 e. The van der Waals surface area contributed by atoms with Gasteiger partial charge in [0.2, 0.25) is 0 Å². The molecular weight excluding hydrogens is 383 g/mol. The van der Waals surface area contributed by atoms with E-state index in [4.69, 9.17) is 4.11 Å². The van der Waals surface area contributed by atoms with Gasteiger partial charge in [0.15, 0.2) is 0 Å². The van der Waals surface area contributed by atoms with Gasteiger partial charge in [-0.3, -0.25) is 14.3 Å². The minimum atomic E-state index is -2.61. The number of aromatic nitrogens is 3. The lowest BCUT2D eigenvalue weighted by Gasteiger charge is -2.11. The molecule has 0 bridgehead atoms. The van der Waals surface area contributed by atoms with E-state index in [2.05, 4.69) is 5.10 Å². The Labute approximate surface area is 167 Å². The summed E-state index contributed by atoms with van der Waals surface area (Å²) in [6.07, 6.45) is 0.618. The van der Waals surface area contributed by atoms with Gasteiger partial charge in [0.1, 0.15) is 28.8 Å². The predicted molar refractivity (Wildman–Crippen MR) is 102 cm³/mol. The molecule has 2 aromatic heterocycles. The quantitative estimate of drug-likeness (QED) is 0.513. The SMILES string of the molecule is [2H]C([2H])([2H])n1cc2c(=O)n(CCC(=O)Cc3ccc(F)cc3F)c3cc(F)ccc3c2n1. The van der Waals surface area contributed by atoms with Gasteiger partial charge < -0.3 is 4.57 Å². The number of benzene rings is 2. The molecule has 8 heteroatoms. The van der Waals surface area contributed by atoms with E-state index in [1.165, 1.54) is 16.7 Å². The standard InChI is InChI=1S/C21H16F3N3O2/c1-26-11-17-20(25-26)16-5-4-14(23)10-19(16)27(21(17)29)7-6-15(28)8-12-2-3-13(22)9-18(12)24/h2-5,9-11H,6-8H2,1H3/i1D3. The molecule has 0 aliphatic carbocycles. The number of hydrogen-bond donors (Lipinski definition) is 0. The molecule has 4 aromatic rings. The third-order valence-corrected chi connectivity index (χ3v) is 4.71. The number of ketones is 1. The second kappa shape index (κ2) is 7.20. The number of hydrogen-bond acceptors (Lipinski definition) is 3. The van der Waals surface area contributed by atoms with Gasteiger partial charge in [-0.1, -0.05) is 6.07 Å². The van der Waals surface area contributed by atoms with Crippen LogP contribution in [0.25, 0.3) is 21.8 Å². The summed E-state index contributed by atoms with van der Waals surface area (Å²) in [5.74, 6) is -2.64. The molecule has 0 aliphatic heterocycles. The molecule has 29 heavy (non-hydrogen) atoms. The van der Waals surface area contributed by atoms with Crippen molar-refractivity contribution in [2.24, 2.45) is 6.98 Å². The smallest absolute Gasteiger partial charge is 0.262 e. The van der Waals surface area contributed by atoms with Crippen molar-refractivity contribution in [3.63, 3.8) is 0 Å². The highest BCUT2D eigenvalue weighted by atomic mass is 19.1. The summed E-state index contributed by atoms with van der Waals surface area (Å²) in [5.41, 5.74) is -0.348. The zero-order chi connectivity index (χ0) is 23.2. The Morgan fingerprint density at radius 3 is 2.62 bits per heavy atom. The van der Waals surface area contributed by atoms with Gasteiger partial charge in [0, 0.05) is 48.1 Å². The van der Waals surface area contributed by atoms with Crippen LogP contribution in [-0.2, 0) is 24.7 Å². The highest BCUT2D eigenvalue weighted by Gasteiger charge is 2.16. The number of nitrogens with zero attached hydrogens (tertiary/aromatic N) is 3. The van der Waals surface area contributed by atoms with E-state index >= 15 is 0 Å². The zero-order valence-electron chi connectivity index (χ0n) is 18.0. The molecule has 0 fully saturated rings. The van der Waals surface area contributed by atoms with Crippen LogP contribution in [0, 0.1) is 17.5 Å². The average molecular weight is 402 g/mol. The Bertz CT molecular complexity index is 1430. The van der Waals surface area contributed by atoms with E-state index in [1.54, 1.807) is 0 Å². The minimum absolute atomic E-state index is 0.0114. The highest BCUT2D eigenvalue weighted by molar-refractivity contribution is 6.03. The maximum Gasteiger partial charge on any atom is 0.262 e. The number of rotatable bonds is 5. The number of pyridine rings is 1. The minimum Gasteiger partial charge on any atom is -0.307 e. The van der Waals surface area contributed by atoms with Crippen molar-refractivity contribution < 1.29 is 22.1 Å². The van der Waals surface area contributed by atoms with E-state index in [-0.39, 0.29) is 41.4 Å². The van der Waals surface area contributed by atoms with Crippen LogP contribution in [0.15, 0.2) is 47.4 Å². The lowest BCUT2D eigenvalue weighted by atomic mass is 10.1. The van der Waals surface area contributed by atoms with Crippen molar-refractivity contribution in [1.82, 2.24) is 14.3 Å². The summed E-state index contributed by atoms with van der Waals surface area (Å²) in [5, 5.41) is 4.35. The molecule has 0 radical (unpaired) electrons. The van der Waals surface area contributed by atoms with Gasteiger partial charge in [-0.05, 0) is 29.8 Å². The van der Waals surface area contributed by atoms with Crippen molar-refractivity contribution in [1.29, 1.82) is 0 Å². The predicted octanol–water partition coefficient (Wildman–Crippen LogP) is 3.51. The molecule has 0 atom stereocenters. The third-order valence-electron chi connectivity index (χ3n) is 4.71. The van der Waals surface area contributed by atoms with Crippen molar-refractivity contribution in [3.8, 4) is 0 Å². The summed E-state index contributed by atoms with van der Waals surface area (Å²) < 4.78 is 65.2. The van der Waals surface area contributed by atoms with E-state index in [0.29, 0.717) is 16.1 Å². The Morgan fingerprint density at radius 2 is 1.86 bits per heavy atom. The van der Waals surface area contributed by atoms with Crippen LogP contribution >= 0.6 is 0 Å². The lowest BCUT2D eigenvalue weighted by molar-refractivity contribution is -0.118. The van der Waals surface area contributed by atoms with Crippen LogP contribution in [0.1, 0.15) is 16.1 Å². The fraction of sp³-hybridized carbons (Fsp3) is 0.190. The average Bonchev–Trinajstić information content (AvgIpc) is 3.16. The second-order valence-corrected chi connectivity index (χ2v) is 6.66. The fourth-order valence-corrected chi connectivity index (χ4v) is 3.34. The molecule has 2 aromatic carbocycles. The van der Waals surface area contributed by atoms with Gasteiger partial charge in [-0.15, -0.1) is 0 Å². The van der Waals surface area contributed by atoms with Crippen LogP contribution in [0.5, 0.6) is 0 Å². The molecule has 4 rings (SSSR count). The number of halogens is 3. The van der Waals surface area contributed by atoms with Crippen molar-refractivity contribution in [3.05, 3.63) is 76.0 Å². The molecule has 2 heterocycles. The maximum absolute atomic E-state index is 13.9. The molecule has 148 valence electrons. The van der Waals surface area contributed by atoms with E-state index in [9.17, 15) is 22.8 Å². The first-order valence-corrected chi connectivity index (χ1v) is 8.72. The number of aryl methyl sites for hydroxylation is 2. The van der Waals surface area contributed by atoms with Gasteiger partial charge in [0.25, 0.3) is 5.56 Å². The van der Waals surface area contributed by atoms with Crippen molar-refractivity contribution in [2.75, 3.05) is 0 Å². The van der Waals surface area contributed by atoms with Crippen LogP contribution in [-0.4, -0.2) is 20.1 Å². The zero-order valence-corrected chi connectivity index (χ0v) is 15.0. The normalized spacial score (nSPS) is 13.4. The Morgan fingerprint density at radius 1 is 1.10 bits per heavy atom. The van der Waals surface area contributed by atoms with Crippen LogP contribution < -0.4 is 5.56 Å². The number of carbonyl (C=O) groups excluding carboxylic acids is 1. The lowest BCUT2D eigenvalue weighted by Crippen LogP contribution is -2.22. The van der Waals surface area contributed by atoms with Crippen LogP contribution in [0.3, 0.4) is 0 Å². The summed E-state index contributed by atoms with van der Waals surface area (Å²) in [6.45, 7) is -2.76. The summed E-state index contributed by atoms with van der Waals surface area (Å²) in [4.78, 5) is 25.4. The number of fused-ring (bicyclic) bond motifs is 3. The first kappa shape index (κ1) is 15.5. The van der Waals surface area contributed by atoms with Gasteiger partial charge >= 0.3 is 0 Å². The maximum atomic E-state index is 13.9. The molecule has 0 saturated heterocycles. The Hall–Kier alpha value is -3.42. The van der Waals surface area contributed by atoms with E-state index < -0.39 is 35.8 Å². The molecule has 0 unspecified atom stereocenters. The first-order chi connectivity index (χ1) is 15.0. The molecule has 0 saturated carbocycles. The Kier molecular flexibility index (Phi) is 3.85. The molecule has 0 amide bonds. The first-order valence-electron chi connectivity index (χ1n) is 10.2. The molecule has 0 spiro atoms. The number of Topliss-reactive ketones (excluding diaryl/α,β-unsaturated/α-hetero) is 1. The fourth-order valence-electron chi connectivity index (χ4n) is 3.34. The van der Waals surface area contributed by atoms with Gasteiger partial charge in [-0.25, -0.2) is 13.2 Å². The van der Waals surface area contributed by atoms with Crippen molar-refractivity contribution in [2.45, 2.75) is 19.4 Å². The van der Waals surface area contributed by atoms with Crippen LogP contribution in [0.4, 0.5) is 13.2 Å². The summed E-state index contributed by atoms with van der Waals surface area (Å²) in [6, 6.07) is 6.55. The monoisotopic (exact) mass is 402 g/mol. The summed E-state index contributed by atoms with van der Waals surface area (Å²) in [7, 11) is 0. The third kappa shape index (κ3) is 3.53. The van der Waals surface area contributed by atoms with Gasteiger partial charge in [-0.2, -0.15) is 5.10 Å². The highest BCUT2D eigenvalue weighted by Crippen LogP contribution is 2.22. The van der Waals surface area contributed by atoms with Crippen molar-refractivity contribution >= 4 is 27.6 Å². The molecule has 5 nitrogen and oxygen atoms in total. The second-order valence-electron chi connectivity index (χ2n) is 6.66. The molecular formula is C21H16F3N3O2. The summed E-state index contributed by atoms with van der Waals surface area (Å²) >= 11 is 0. The molecule has 0 N–H and O–H groups in total. The van der Waals surface area contributed by atoms with E-state index in [0.717, 1.165) is 24.4 Å². The van der Waals surface area contributed by atoms with Gasteiger partial charge in [0.05, 0.1) is 10.9 Å². The van der Waals surface area contributed by atoms with Crippen LogP contribution in [0.2, 0.25) is 0 Å². The number of carbonyl (C=O) groups is 1. The van der Waals surface area contributed by atoms with E-state index in [1.807, 2.05) is 0 Å². The topological polar surface area (TPSA) is 56.9 Å². The Balaban J connectivity index is 1.72. The molecule has 0 aliphatic rings.